The van der Waals surface area contributed by atoms with Gasteiger partial charge in [0.25, 0.3) is 0 Å². The van der Waals surface area contributed by atoms with Gasteiger partial charge in [-0.1, -0.05) is 6.42 Å². The van der Waals surface area contributed by atoms with Crippen LogP contribution in [-0.4, -0.2) is 34.0 Å². The zero-order valence-electron chi connectivity index (χ0n) is 10.2. The van der Waals surface area contributed by atoms with Crippen molar-refractivity contribution in [2.75, 3.05) is 6.54 Å². The molecule has 3 rings (SSSR count). The van der Waals surface area contributed by atoms with Crippen LogP contribution in [0.4, 0.5) is 0 Å². The van der Waals surface area contributed by atoms with Crippen LogP contribution in [0, 0.1) is 17.8 Å². The predicted molar refractivity (Wildman–Crippen MR) is 61.3 cm³/mol. The van der Waals surface area contributed by atoms with Crippen LogP contribution in [0.2, 0.25) is 0 Å². The number of carbonyl (C=O) groups is 2. The van der Waals surface area contributed by atoms with Crippen molar-refractivity contribution in [2.45, 2.75) is 44.6 Å². The lowest BCUT2D eigenvalue weighted by molar-refractivity contribution is -0.156. The molecule has 3 fully saturated rings. The summed E-state index contributed by atoms with van der Waals surface area (Å²) in [6.45, 7) is 2.32. The van der Waals surface area contributed by atoms with Crippen LogP contribution < -0.4 is 0 Å². The molecular weight excluding hydrogens is 218 g/mol. The van der Waals surface area contributed by atoms with Crippen molar-refractivity contribution in [2.24, 2.45) is 17.8 Å². The van der Waals surface area contributed by atoms with Gasteiger partial charge in [-0.25, -0.2) is 4.79 Å². The Morgan fingerprint density at radius 3 is 2.47 bits per heavy atom. The molecule has 0 spiro atoms. The molecule has 0 aromatic rings. The smallest absolute Gasteiger partial charge is 0.329 e. The molecule has 1 N–H and O–H groups in total. The highest BCUT2D eigenvalue weighted by atomic mass is 16.4. The Hall–Kier alpha value is -1.06. The van der Waals surface area contributed by atoms with Crippen molar-refractivity contribution in [3.63, 3.8) is 0 Å². The third-order valence-corrected chi connectivity index (χ3v) is 5.06. The number of likely N-dealkylation sites (tertiary alicyclic amines) is 1. The summed E-state index contributed by atoms with van der Waals surface area (Å²) >= 11 is 0. The highest BCUT2D eigenvalue weighted by molar-refractivity contribution is 5.90. The lowest BCUT2D eigenvalue weighted by Crippen LogP contribution is -2.51. The quantitative estimate of drug-likeness (QED) is 0.791. The Kier molecular flexibility index (Phi) is 2.25. The molecule has 94 valence electrons. The van der Waals surface area contributed by atoms with Gasteiger partial charge in [-0.15, -0.1) is 0 Å². The number of carbonyl (C=O) groups excluding carboxylic acids is 1. The fraction of sp³-hybridized carbons (Fsp3) is 0.846. The van der Waals surface area contributed by atoms with Crippen LogP contribution in [-0.2, 0) is 9.59 Å². The molecule has 3 unspecified atom stereocenters. The molecule has 17 heavy (non-hydrogen) atoms. The van der Waals surface area contributed by atoms with Crippen LogP contribution in [0.25, 0.3) is 0 Å². The minimum Gasteiger partial charge on any atom is -0.480 e. The van der Waals surface area contributed by atoms with Gasteiger partial charge in [0, 0.05) is 12.5 Å². The molecular formula is C13H19NO3. The fourth-order valence-corrected chi connectivity index (χ4v) is 3.91. The van der Waals surface area contributed by atoms with E-state index in [1.165, 1.54) is 19.3 Å². The summed E-state index contributed by atoms with van der Waals surface area (Å²) in [7, 11) is 0. The van der Waals surface area contributed by atoms with Gasteiger partial charge in [0.1, 0.15) is 5.54 Å². The second-order valence-corrected chi connectivity index (χ2v) is 5.96. The topological polar surface area (TPSA) is 57.6 Å². The molecule has 1 aliphatic heterocycles. The molecule has 4 heteroatoms. The fourth-order valence-electron chi connectivity index (χ4n) is 3.91. The normalized spacial score (nSPS) is 43.6. The first-order valence-corrected chi connectivity index (χ1v) is 6.60. The van der Waals surface area contributed by atoms with Crippen molar-refractivity contribution in [3.8, 4) is 0 Å². The molecule has 1 heterocycles. The summed E-state index contributed by atoms with van der Waals surface area (Å²) in [6.07, 6.45) is 4.99. The number of rotatable bonds is 2. The Labute approximate surface area is 101 Å². The summed E-state index contributed by atoms with van der Waals surface area (Å²) in [6, 6.07) is 0. The molecule has 2 saturated carbocycles. The molecule has 0 bridgehead atoms. The summed E-state index contributed by atoms with van der Waals surface area (Å²) in [5.41, 5.74) is -0.950. The van der Waals surface area contributed by atoms with E-state index in [0.29, 0.717) is 24.8 Å². The van der Waals surface area contributed by atoms with Crippen LogP contribution >= 0.6 is 0 Å². The number of hydrogen-bond donors (Lipinski definition) is 1. The summed E-state index contributed by atoms with van der Waals surface area (Å²) in [4.78, 5) is 25.4. The van der Waals surface area contributed by atoms with Gasteiger partial charge in [-0.3, -0.25) is 4.79 Å². The summed E-state index contributed by atoms with van der Waals surface area (Å²) in [5.74, 6) is 0.555. The van der Waals surface area contributed by atoms with Crippen LogP contribution in [0.3, 0.4) is 0 Å². The minimum atomic E-state index is -0.950. The number of carboxylic acid groups (broad SMARTS) is 1. The first-order valence-electron chi connectivity index (χ1n) is 6.60. The first kappa shape index (κ1) is 11.1. The van der Waals surface area contributed by atoms with Gasteiger partial charge in [0.05, 0.1) is 0 Å². The maximum absolute atomic E-state index is 12.4. The minimum absolute atomic E-state index is 0.113. The van der Waals surface area contributed by atoms with Crippen molar-refractivity contribution in [1.82, 2.24) is 4.90 Å². The monoisotopic (exact) mass is 237 g/mol. The zero-order chi connectivity index (χ0) is 12.2. The molecule has 0 aromatic heterocycles. The number of amides is 1. The lowest BCUT2D eigenvalue weighted by Gasteiger charge is -2.31. The Morgan fingerprint density at radius 2 is 1.88 bits per heavy atom. The first-order chi connectivity index (χ1) is 8.05. The van der Waals surface area contributed by atoms with Gasteiger partial charge in [-0.2, -0.15) is 0 Å². The zero-order valence-corrected chi connectivity index (χ0v) is 10.2. The van der Waals surface area contributed by atoms with Crippen molar-refractivity contribution < 1.29 is 14.7 Å². The van der Waals surface area contributed by atoms with Crippen molar-refractivity contribution in [3.05, 3.63) is 0 Å². The van der Waals surface area contributed by atoms with E-state index in [9.17, 15) is 14.7 Å². The number of aliphatic carboxylic acids is 1. The molecule has 1 saturated heterocycles. The molecule has 0 aromatic carbocycles. The van der Waals surface area contributed by atoms with E-state index in [1.807, 2.05) is 0 Å². The van der Waals surface area contributed by atoms with Crippen LogP contribution in [0.5, 0.6) is 0 Å². The SMILES string of the molecule is CC1(C(=O)O)CCCN1C(=O)C1C2CCCC21. The largest absolute Gasteiger partial charge is 0.480 e. The van der Waals surface area contributed by atoms with Crippen LogP contribution in [0.15, 0.2) is 0 Å². The maximum atomic E-state index is 12.4. The second-order valence-electron chi connectivity index (χ2n) is 5.96. The second kappa shape index (κ2) is 3.47. The third-order valence-electron chi connectivity index (χ3n) is 5.06. The van der Waals surface area contributed by atoms with Crippen molar-refractivity contribution in [1.29, 1.82) is 0 Å². The standard InChI is InChI=1S/C13H19NO3/c1-13(12(16)17)6-3-7-14(13)11(15)10-8-4-2-5-9(8)10/h8-10H,2-7H2,1H3,(H,16,17). The number of hydrogen-bond acceptors (Lipinski definition) is 2. The molecule has 3 atom stereocenters. The third kappa shape index (κ3) is 1.42. The highest BCUT2D eigenvalue weighted by Crippen LogP contribution is 2.58. The van der Waals surface area contributed by atoms with Crippen LogP contribution in [0.1, 0.15) is 39.0 Å². The number of fused-ring (bicyclic) bond motifs is 1. The van der Waals surface area contributed by atoms with Gasteiger partial charge in [-0.05, 0) is 44.4 Å². The van der Waals surface area contributed by atoms with Gasteiger partial charge < -0.3 is 10.0 Å². The van der Waals surface area contributed by atoms with E-state index in [0.717, 1.165) is 6.42 Å². The van der Waals surface area contributed by atoms with Gasteiger partial charge in [0.2, 0.25) is 5.91 Å². The summed E-state index contributed by atoms with van der Waals surface area (Å²) in [5, 5.41) is 9.30. The van der Waals surface area contributed by atoms with E-state index in [1.54, 1.807) is 11.8 Å². The van der Waals surface area contributed by atoms with E-state index >= 15 is 0 Å². The number of carboxylic acids is 1. The van der Waals surface area contributed by atoms with Crippen molar-refractivity contribution >= 4 is 11.9 Å². The van der Waals surface area contributed by atoms with E-state index < -0.39 is 11.5 Å². The highest BCUT2D eigenvalue weighted by Gasteiger charge is 2.60. The average Bonchev–Trinajstić information content (AvgIpc) is 2.68. The lowest BCUT2D eigenvalue weighted by atomic mass is 9.98. The molecule has 3 aliphatic rings. The van der Waals surface area contributed by atoms with Gasteiger partial charge >= 0.3 is 5.97 Å². The predicted octanol–water partition coefficient (Wildman–Crippen LogP) is 1.50. The maximum Gasteiger partial charge on any atom is 0.329 e. The Morgan fingerprint density at radius 1 is 1.24 bits per heavy atom. The number of nitrogens with zero attached hydrogens (tertiary/aromatic N) is 1. The van der Waals surface area contributed by atoms with E-state index in [4.69, 9.17) is 0 Å². The molecule has 2 aliphatic carbocycles. The molecule has 0 radical (unpaired) electrons. The molecule has 1 amide bonds. The summed E-state index contributed by atoms with van der Waals surface area (Å²) < 4.78 is 0. The molecule has 4 nitrogen and oxygen atoms in total. The van der Waals surface area contributed by atoms with E-state index in [2.05, 4.69) is 0 Å². The Balaban J connectivity index is 1.76. The Bertz CT molecular complexity index is 371. The average molecular weight is 237 g/mol. The van der Waals surface area contributed by atoms with Gasteiger partial charge in [0.15, 0.2) is 0 Å². The van der Waals surface area contributed by atoms with E-state index in [-0.39, 0.29) is 11.8 Å².